The molecule has 0 unspecified atom stereocenters. The number of carboxylic acid groups (broad SMARTS) is 1. The van der Waals surface area contributed by atoms with Gasteiger partial charge in [0.05, 0.1) is 6.61 Å². The molecule has 0 aromatic carbocycles. The smallest absolute Gasteiger partial charge is 0.303 e. The summed E-state index contributed by atoms with van der Waals surface area (Å²) in [6.07, 6.45) is 2.24. The van der Waals surface area contributed by atoms with E-state index in [4.69, 9.17) is 5.11 Å². The zero-order chi connectivity index (χ0) is 7.82. The fourth-order valence-electron chi connectivity index (χ4n) is 0.376. The Morgan fingerprint density at radius 2 is 2.30 bits per heavy atom. The van der Waals surface area contributed by atoms with Crippen molar-refractivity contribution in [3.63, 3.8) is 0 Å². The van der Waals surface area contributed by atoms with Crippen LogP contribution in [0, 0.1) is 6.26 Å². The van der Waals surface area contributed by atoms with Gasteiger partial charge in [0.25, 0.3) is 6.26 Å². The van der Waals surface area contributed by atoms with E-state index in [0.29, 0.717) is 6.42 Å². The van der Waals surface area contributed by atoms with Crippen molar-refractivity contribution in [1.82, 2.24) is 0 Å². The first-order valence-electron chi connectivity index (χ1n) is 2.73. The Morgan fingerprint density at radius 3 is 2.80 bits per heavy atom. The lowest BCUT2D eigenvalue weighted by molar-refractivity contribution is -0.137. The van der Waals surface area contributed by atoms with Crippen molar-refractivity contribution in [3.05, 3.63) is 6.26 Å². The third kappa shape index (κ3) is 6.72. The zero-order valence-corrected chi connectivity index (χ0v) is 5.29. The van der Waals surface area contributed by atoms with E-state index in [1.165, 1.54) is 5.94 Å². The highest BCUT2D eigenvalue weighted by Gasteiger charge is 1.94. The summed E-state index contributed by atoms with van der Waals surface area (Å²) in [5, 5.41) is 8.12. The number of aliphatic carboxylic acids is 1. The molecule has 0 spiro atoms. The Morgan fingerprint density at radius 1 is 1.60 bits per heavy atom. The first-order valence-corrected chi connectivity index (χ1v) is 2.73. The van der Waals surface area contributed by atoms with Crippen LogP contribution in [0.25, 0.3) is 0 Å². The highest BCUT2D eigenvalue weighted by atomic mass is 16.5. The van der Waals surface area contributed by atoms with Crippen molar-refractivity contribution < 1.29 is 19.4 Å². The predicted molar refractivity (Wildman–Crippen MR) is 31.8 cm³/mol. The van der Waals surface area contributed by atoms with Gasteiger partial charge in [-0.3, -0.25) is 4.79 Å². The van der Waals surface area contributed by atoms with Gasteiger partial charge in [-0.25, -0.2) is 4.79 Å². The van der Waals surface area contributed by atoms with Gasteiger partial charge in [0.15, 0.2) is 5.94 Å². The van der Waals surface area contributed by atoms with Crippen LogP contribution in [0.2, 0.25) is 0 Å². The lowest BCUT2D eigenvalue weighted by atomic mass is 10.3. The van der Waals surface area contributed by atoms with Crippen molar-refractivity contribution in [1.29, 1.82) is 0 Å². The number of carbonyl (C=O) groups is 1. The lowest BCUT2D eigenvalue weighted by Gasteiger charge is -1.93. The second kappa shape index (κ2) is 5.85. The van der Waals surface area contributed by atoms with E-state index >= 15 is 0 Å². The largest absolute Gasteiger partial charge is 0.481 e. The monoisotopic (exact) mass is 143 g/mol. The summed E-state index contributed by atoms with van der Waals surface area (Å²) in [4.78, 5) is 19.3. The molecular weight excluding hydrogens is 136 g/mol. The number of hydrogen-bond donors (Lipinski definition) is 1. The molecular formula is C6H7O4. The van der Waals surface area contributed by atoms with Crippen LogP contribution in [-0.2, 0) is 14.3 Å². The van der Waals surface area contributed by atoms with Crippen molar-refractivity contribution >= 4 is 11.9 Å². The number of hydrogen-bond acceptors (Lipinski definition) is 3. The van der Waals surface area contributed by atoms with Crippen LogP contribution in [0.5, 0.6) is 0 Å². The van der Waals surface area contributed by atoms with Gasteiger partial charge in [0.1, 0.15) is 0 Å². The summed E-state index contributed by atoms with van der Waals surface area (Å²) in [5.74, 6) is 0.410. The van der Waals surface area contributed by atoms with Crippen molar-refractivity contribution in [2.24, 2.45) is 0 Å². The summed E-state index contributed by atoms with van der Waals surface area (Å²) in [6, 6.07) is 0. The minimum atomic E-state index is -0.876. The van der Waals surface area contributed by atoms with Crippen LogP contribution in [0.4, 0.5) is 0 Å². The van der Waals surface area contributed by atoms with Crippen LogP contribution in [0.15, 0.2) is 0 Å². The van der Waals surface area contributed by atoms with E-state index < -0.39 is 5.97 Å². The Bertz CT molecular complexity index is 142. The SMILES string of the molecule is O=C=[C]OCCCC(=O)O. The minimum absolute atomic E-state index is 0.0422. The highest BCUT2D eigenvalue weighted by Crippen LogP contribution is 1.88. The maximum Gasteiger partial charge on any atom is 0.303 e. The number of ether oxygens (including phenoxy) is 1. The molecule has 0 bridgehead atoms. The first-order chi connectivity index (χ1) is 4.77. The van der Waals surface area contributed by atoms with Crippen molar-refractivity contribution in [3.8, 4) is 0 Å². The molecule has 0 fully saturated rings. The van der Waals surface area contributed by atoms with Gasteiger partial charge in [-0.15, -0.1) is 0 Å². The maximum atomic E-state index is 9.88. The molecule has 0 aromatic rings. The van der Waals surface area contributed by atoms with E-state index in [0.717, 1.165) is 0 Å². The molecule has 10 heavy (non-hydrogen) atoms. The van der Waals surface area contributed by atoms with Crippen molar-refractivity contribution in [2.45, 2.75) is 12.8 Å². The number of rotatable bonds is 5. The molecule has 0 aromatic heterocycles. The van der Waals surface area contributed by atoms with Gasteiger partial charge in [-0.1, -0.05) is 0 Å². The molecule has 0 aliphatic carbocycles. The number of carboxylic acids is 1. The van der Waals surface area contributed by atoms with Gasteiger partial charge < -0.3 is 9.84 Å². The normalized spacial score (nSPS) is 8.00. The molecule has 1 N–H and O–H groups in total. The average Bonchev–Trinajstić information content (AvgIpc) is 1.87. The maximum absolute atomic E-state index is 9.88. The predicted octanol–water partition coefficient (Wildman–Crippen LogP) is 0.0163. The quantitative estimate of drug-likeness (QED) is 0.334. The second-order valence-corrected chi connectivity index (χ2v) is 1.55. The van der Waals surface area contributed by atoms with Crippen LogP contribution >= 0.6 is 0 Å². The Hall–Kier alpha value is -1.28. The summed E-state index contributed by atoms with van der Waals surface area (Å²) < 4.78 is 4.40. The zero-order valence-electron chi connectivity index (χ0n) is 5.29. The molecule has 0 heterocycles. The molecule has 0 amide bonds. The highest BCUT2D eigenvalue weighted by molar-refractivity contribution is 5.66. The molecule has 0 saturated heterocycles. The van der Waals surface area contributed by atoms with E-state index in [1.807, 2.05) is 6.26 Å². The third-order valence-corrected chi connectivity index (χ3v) is 0.751. The third-order valence-electron chi connectivity index (χ3n) is 0.751. The molecule has 4 heteroatoms. The number of carbonyl (C=O) groups excluding carboxylic acids is 1. The van der Waals surface area contributed by atoms with E-state index in [-0.39, 0.29) is 13.0 Å². The molecule has 0 aliphatic heterocycles. The molecule has 55 valence electrons. The lowest BCUT2D eigenvalue weighted by Crippen LogP contribution is -1.97. The fraction of sp³-hybridized carbons (Fsp3) is 0.500. The van der Waals surface area contributed by atoms with E-state index in [1.54, 1.807) is 0 Å². The Balaban J connectivity index is 3.05. The first kappa shape index (κ1) is 8.72. The van der Waals surface area contributed by atoms with Gasteiger partial charge >= 0.3 is 5.97 Å². The molecule has 4 nitrogen and oxygen atoms in total. The fourth-order valence-corrected chi connectivity index (χ4v) is 0.376. The van der Waals surface area contributed by atoms with Crippen molar-refractivity contribution in [2.75, 3.05) is 6.61 Å². The summed E-state index contributed by atoms with van der Waals surface area (Å²) >= 11 is 0. The molecule has 0 aliphatic rings. The molecule has 0 saturated carbocycles. The standard InChI is InChI=1S/C6H7O4/c7-3-5-10-4-1-2-6(8)9/h1-2,4H2,(H,8,9). The molecule has 0 rings (SSSR count). The topological polar surface area (TPSA) is 63.6 Å². The van der Waals surface area contributed by atoms with Crippen LogP contribution in [0.3, 0.4) is 0 Å². The Kier molecular flexibility index (Phi) is 5.10. The van der Waals surface area contributed by atoms with E-state index in [9.17, 15) is 9.59 Å². The van der Waals surface area contributed by atoms with Crippen LogP contribution in [-0.4, -0.2) is 23.6 Å². The Labute approximate surface area is 58.1 Å². The average molecular weight is 143 g/mol. The van der Waals surface area contributed by atoms with Gasteiger partial charge in [-0.05, 0) is 6.42 Å². The van der Waals surface area contributed by atoms with Gasteiger partial charge in [-0.2, -0.15) is 0 Å². The van der Waals surface area contributed by atoms with Gasteiger partial charge in [0.2, 0.25) is 0 Å². The molecule has 1 radical (unpaired) electrons. The van der Waals surface area contributed by atoms with Crippen LogP contribution < -0.4 is 0 Å². The minimum Gasteiger partial charge on any atom is -0.481 e. The summed E-state index contributed by atoms with van der Waals surface area (Å²) in [7, 11) is 0. The van der Waals surface area contributed by atoms with Gasteiger partial charge in [0, 0.05) is 6.42 Å². The second-order valence-electron chi connectivity index (χ2n) is 1.55. The summed E-state index contributed by atoms with van der Waals surface area (Å²) in [5.41, 5.74) is 0. The molecule has 0 atom stereocenters. The van der Waals surface area contributed by atoms with E-state index in [2.05, 4.69) is 4.74 Å². The summed E-state index contributed by atoms with van der Waals surface area (Å²) in [6.45, 7) is 0.196. The van der Waals surface area contributed by atoms with Crippen LogP contribution in [0.1, 0.15) is 12.8 Å².